The summed E-state index contributed by atoms with van der Waals surface area (Å²) in [4.78, 5) is 16.2. The molecule has 0 radical (unpaired) electrons. The van der Waals surface area contributed by atoms with E-state index in [9.17, 15) is 10.1 Å². The number of likely N-dealkylation sites (tertiary alicyclic amines) is 1. The molecule has 0 aromatic carbocycles. The Morgan fingerprint density at radius 3 is 2.40 bits per heavy atom. The normalized spacial score (nSPS) is 28.1. The molecule has 2 aliphatic heterocycles. The highest BCUT2D eigenvalue weighted by molar-refractivity contribution is 5.97. The minimum absolute atomic E-state index is 0.166. The standard InChI is InChI=1S/C15H23N3O2/c1-12-4-3-5-13(2)18(12)11-14(10-16)15(19)17-6-8-20-9-7-17/h11-13H,3-9H2,1-2H3/b14-11-. The van der Waals surface area contributed by atoms with Crippen molar-refractivity contribution in [2.24, 2.45) is 0 Å². The summed E-state index contributed by atoms with van der Waals surface area (Å²) in [6, 6.07) is 2.85. The highest BCUT2D eigenvalue weighted by atomic mass is 16.5. The number of carbonyl (C=O) groups excluding carboxylic acids is 1. The van der Waals surface area contributed by atoms with Gasteiger partial charge < -0.3 is 14.5 Å². The maximum Gasteiger partial charge on any atom is 0.266 e. The van der Waals surface area contributed by atoms with Crippen LogP contribution in [0.15, 0.2) is 11.8 Å². The van der Waals surface area contributed by atoms with Crippen molar-refractivity contribution in [2.45, 2.75) is 45.2 Å². The molecule has 0 bridgehead atoms. The molecule has 0 N–H and O–H groups in total. The molecule has 2 unspecified atom stereocenters. The van der Waals surface area contributed by atoms with E-state index in [1.54, 1.807) is 11.1 Å². The molecule has 20 heavy (non-hydrogen) atoms. The molecule has 2 atom stereocenters. The van der Waals surface area contributed by atoms with Gasteiger partial charge in [0.2, 0.25) is 0 Å². The average Bonchev–Trinajstić information content (AvgIpc) is 2.47. The van der Waals surface area contributed by atoms with Crippen molar-refractivity contribution in [3.63, 3.8) is 0 Å². The summed E-state index contributed by atoms with van der Waals surface area (Å²) in [5.74, 6) is -0.166. The molecule has 5 heteroatoms. The van der Waals surface area contributed by atoms with Crippen molar-refractivity contribution >= 4 is 5.91 Å². The topological polar surface area (TPSA) is 56.6 Å². The van der Waals surface area contributed by atoms with Gasteiger partial charge in [-0.15, -0.1) is 0 Å². The van der Waals surface area contributed by atoms with Gasteiger partial charge in [-0.2, -0.15) is 5.26 Å². The predicted molar refractivity (Wildman–Crippen MR) is 75.7 cm³/mol. The smallest absolute Gasteiger partial charge is 0.266 e. The van der Waals surface area contributed by atoms with Crippen molar-refractivity contribution in [2.75, 3.05) is 26.3 Å². The molecule has 5 nitrogen and oxygen atoms in total. The first-order valence-corrected chi connectivity index (χ1v) is 7.40. The van der Waals surface area contributed by atoms with E-state index in [-0.39, 0.29) is 11.5 Å². The second-order valence-corrected chi connectivity index (χ2v) is 5.64. The number of hydrogen-bond donors (Lipinski definition) is 0. The van der Waals surface area contributed by atoms with Gasteiger partial charge in [-0.05, 0) is 33.1 Å². The van der Waals surface area contributed by atoms with Gasteiger partial charge in [-0.1, -0.05) is 0 Å². The van der Waals surface area contributed by atoms with Crippen LogP contribution >= 0.6 is 0 Å². The second-order valence-electron chi connectivity index (χ2n) is 5.64. The molecule has 1 amide bonds. The lowest BCUT2D eigenvalue weighted by atomic mass is 9.98. The quantitative estimate of drug-likeness (QED) is 0.567. The second kappa shape index (κ2) is 6.76. The lowest BCUT2D eigenvalue weighted by molar-refractivity contribution is -0.130. The lowest BCUT2D eigenvalue weighted by Crippen LogP contribution is -2.43. The summed E-state index contributed by atoms with van der Waals surface area (Å²) in [7, 11) is 0. The van der Waals surface area contributed by atoms with E-state index in [0.717, 1.165) is 12.8 Å². The Hall–Kier alpha value is -1.54. The zero-order valence-electron chi connectivity index (χ0n) is 12.3. The Balaban J connectivity index is 2.11. The molecule has 0 aliphatic carbocycles. The van der Waals surface area contributed by atoms with E-state index in [1.165, 1.54) is 6.42 Å². The molecular weight excluding hydrogens is 254 g/mol. The molecule has 2 saturated heterocycles. The molecule has 0 aromatic rings. The summed E-state index contributed by atoms with van der Waals surface area (Å²) in [5, 5.41) is 9.31. The van der Waals surface area contributed by atoms with Gasteiger partial charge in [-0.3, -0.25) is 4.79 Å². The van der Waals surface area contributed by atoms with E-state index in [4.69, 9.17) is 4.74 Å². The Labute approximate surface area is 120 Å². The molecule has 2 rings (SSSR count). The van der Waals surface area contributed by atoms with E-state index in [1.807, 2.05) is 0 Å². The fourth-order valence-electron chi connectivity index (χ4n) is 2.91. The van der Waals surface area contributed by atoms with Crippen LogP contribution in [0, 0.1) is 11.3 Å². The number of rotatable bonds is 2. The van der Waals surface area contributed by atoms with Crippen LogP contribution in [0.1, 0.15) is 33.1 Å². The molecule has 0 aromatic heterocycles. The van der Waals surface area contributed by atoms with Gasteiger partial charge in [0.25, 0.3) is 5.91 Å². The number of hydrogen-bond acceptors (Lipinski definition) is 4. The van der Waals surface area contributed by atoms with E-state index < -0.39 is 0 Å². The summed E-state index contributed by atoms with van der Waals surface area (Å²) in [5.41, 5.74) is 0.243. The van der Waals surface area contributed by atoms with Crippen LogP contribution in [0.3, 0.4) is 0 Å². The van der Waals surface area contributed by atoms with Gasteiger partial charge in [0.1, 0.15) is 11.6 Å². The van der Waals surface area contributed by atoms with Crippen LogP contribution in [0.5, 0.6) is 0 Å². The van der Waals surface area contributed by atoms with Gasteiger partial charge in [0.05, 0.1) is 13.2 Å². The van der Waals surface area contributed by atoms with Gasteiger partial charge in [0, 0.05) is 31.4 Å². The predicted octanol–water partition coefficient (Wildman–Crippen LogP) is 1.52. The van der Waals surface area contributed by atoms with Crippen LogP contribution in [-0.4, -0.2) is 54.1 Å². The van der Waals surface area contributed by atoms with Crippen LogP contribution in [0.4, 0.5) is 0 Å². The third-order valence-electron chi connectivity index (χ3n) is 4.19. The Kier molecular flexibility index (Phi) is 5.02. The minimum atomic E-state index is -0.166. The maximum absolute atomic E-state index is 12.4. The molecule has 0 spiro atoms. The molecule has 2 heterocycles. The van der Waals surface area contributed by atoms with Crippen molar-refractivity contribution < 1.29 is 9.53 Å². The fraction of sp³-hybridized carbons (Fsp3) is 0.733. The van der Waals surface area contributed by atoms with Crippen LogP contribution in [0.25, 0.3) is 0 Å². The average molecular weight is 277 g/mol. The first kappa shape index (κ1) is 14.9. The third-order valence-corrected chi connectivity index (χ3v) is 4.19. The number of piperidine rings is 1. The number of ether oxygens (including phenoxy) is 1. The summed E-state index contributed by atoms with van der Waals surface area (Å²) in [6.45, 7) is 6.56. The number of nitrogens with zero attached hydrogens (tertiary/aromatic N) is 3. The van der Waals surface area contributed by atoms with Gasteiger partial charge >= 0.3 is 0 Å². The van der Waals surface area contributed by atoms with Crippen LogP contribution in [0.2, 0.25) is 0 Å². The van der Waals surface area contributed by atoms with Crippen molar-refractivity contribution in [1.82, 2.24) is 9.80 Å². The first-order valence-electron chi connectivity index (χ1n) is 7.40. The number of carbonyl (C=O) groups is 1. The highest BCUT2D eigenvalue weighted by Gasteiger charge is 2.26. The number of morpholine rings is 1. The van der Waals surface area contributed by atoms with Crippen LogP contribution < -0.4 is 0 Å². The summed E-state index contributed by atoms with van der Waals surface area (Å²) < 4.78 is 5.24. The van der Waals surface area contributed by atoms with Gasteiger partial charge in [-0.25, -0.2) is 0 Å². The molecule has 110 valence electrons. The Morgan fingerprint density at radius 2 is 1.85 bits per heavy atom. The largest absolute Gasteiger partial charge is 0.378 e. The Morgan fingerprint density at radius 1 is 1.25 bits per heavy atom. The zero-order valence-corrected chi connectivity index (χ0v) is 12.3. The van der Waals surface area contributed by atoms with Crippen LogP contribution in [-0.2, 0) is 9.53 Å². The van der Waals surface area contributed by atoms with E-state index in [0.29, 0.717) is 38.4 Å². The highest BCUT2D eigenvalue weighted by Crippen LogP contribution is 2.23. The summed E-state index contributed by atoms with van der Waals surface area (Å²) in [6.07, 6.45) is 5.22. The van der Waals surface area contributed by atoms with Crippen molar-refractivity contribution in [3.05, 3.63) is 11.8 Å². The first-order chi connectivity index (χ1) is 9.63. The monoisotopic (exact) mass is 277 g/mol. The molecular formula is C15H23N3O2. The van der Waals surface area contributed by atoms with Crippen molar-refractivity contribution in [1.29, 1.82) is 5.26 Å². The van der Waals surface area contributed by atoms with E-state index >= 15 is 0 Å². The minimum Gasteiger partial charge on any atom is -0.378 e. The molecule has 2 aliphatic rings. The maximum atomic E-state index is 12.4. The third kappa shape index (κ3) is 3.31. The Bertz CT molecular complexity index is 411. The number of nitriles is 1. The van der Waals surface area contributed by atoms with Gasteiger partial charge in [0.15, 0.2) is 0 Å². The SMILES string of the molecule is CC1CCCC(C)N1/C=C(/C#N)C(=O)N1CCOCC1. The molecule has 2 fully saturated rings. The zero-order chi connectivity index (χ0) is 14.5. The van der Waals surface area contributed by atoms with Crippen molar-refractivity contribution in [3.8, 4) is 6.07 Å². The molecule has 0 saturated carbocycles. The number of amides is 1. The lowest BCUT2D eigenvalue weighted by Gasteiger charge is -2.38. The van der Waals surface area contributed by atoms with E-state index in [2.05, 4.69) is 24.8 Å². The summed E-state index contributed by atoms with van der Waals surface area (Å²) >= 11 is 0. The fourth-order valence-corrected chi connectivity index (χ4v) is 2.91.